The lowest BCUT2D eigenvalue weighted by Gasteiger charge is -2.29. The second kappa shape index (κ2) is 8.84. The van der Waals surface area contributed by atoms with Crippen LogP contribution in [-0.4, -0.2) is 41.8 Å². The summed E-state index contributed by atoms with van der Waals surface area (Å²) in [5, 5.41) is 9.29. The van der Waals surface area contributed by atoms with Crippen molar-refractivity contribution >= 4 is 17.7 Å². The molecule has 0 bridgehead atoms. The van der Waals surface area contributed by atoms with E-state index in [0.29, 0.717) is 25.1 Å². The van der Waals surface area contributed by atoms with E-state index in [2.05, 4.69) is 34.1 Å². The molecule has 32 heavy (non-hydrogen) atoms. The summed E-state index contributed by atoms with van der Waals surface area (Å²) >= 11 is 0. The van der Waals surface area contributed by atoms with Crippen LogP contribution in [-0.2, 0) is 42.1 Å². The van der Waals surface area contributed by atoms with E-state index < -0.39 is 6.04 Å². The van der Waals surface area contributed by atoms with Crippen molar-refractivity contribution < 1.29 is 14.4 Å². The van der Waals surface area contributed by atoms with Crippen LogP contribution in [0.5, 0.6) is 0 Å². The maximum atomic E-state index is 13.2. The lowest BCUT2D eigenvalue weighted by atomic mass is 10.00. The van der Waals surface area contributed by atoms with Crippen molar-refractivity contribution in [3.63, 3.8) is 0 Å². The van der Waals surface area contributed by atoms with E-state index in [9.17, 15) is 14.4 Å². The minimum atomic E-state index is -0.581. The first-order chi connectivity index (χ1) is 15.6. The lowest BCUT2D eigenvalue weighted by molar-refractivity contribution is -0.136. The number of fused-ring (bicyclic) bond motifs is 2. The summed E-state index contributed by atoms with van der Waals surface area (Å²) in [4.78, 5) is 38.6. The molecule has 7 heteroatoms. The Labute approximate surface area is 187 Å². The fourth-order valence-corrected chi connectivity index (χ4v) is 5.02. The van der Waals surface area contributed by atoms with Gasteiger partial charge in [0.1, 0.15) is 6.04 Å². The van der Waals surface area contributed by atoms with Gasteiger partial charge in [0.05, 0.1) is 0 Å². The largest absolute Gasteiger partial charge is 0.322 e. The van der Waals surface area contributed by atoms with Crippen molar-refractivity contribution in [1.29, 1.82) is 0 Å². The van der Waals surface area contributed by atoms with Crippen molar-refractivity contribution in [2.75, 3.05) is 13.1 Å². The van der Waals surface area contributed by atoms with Crippen molar-refractivity contribution in [3.8, 4) is 0 Å². The first-order valence-electron chi connectivity index (χ1n) is 11.4. The predicted molar refractivity (Wildman–Crippen MR) is 120 cm³/mol. The van der Waals surface area contributed by atoms with Gasteiger partial charge in [0.25, 0.3) is 5.91 Å². The fourth-order valence-electron chi connectivity index (χ4n) is 5.02. The number of amides is 3. The molecule has 166 valence electrons. The molecule has 2 aromatic rings. The standard InChI is InChI=1S/C25H28N4O3/c30-22-7-6-21(24(31)28-22)29-15-20-3-1-2-19(23(20)25(29)32)14-27-13-16-4-5-17-8-10-26-11-9-18(17)12-16/h1-5,12,21,26-27H,6-11,13-15H2,(H,28,30,31). The average Bonchev–Trinajstić information content (AvgIpc) is 2.95. The van der Waals surface area contributed by atoms with E-state index in [1.54, 1.807) is 4.90 Å². The highest BCUT2D eigenvalue weighted by molar-refractivity contribution is 6.05. The highest BCUT2D eigenvalue weighted by atomic mass is 16.2. The van der Waals surface area contributed by atoms with Gasteiger partial charge in [0, 0.05) is 31.6 Å². The molecule has 3 aliphatic heterocycles. The molecule has 0 spiro atoms. The minimum absolute atomic E-state index is 0.121. The Morgan fingerprint density at radius 1 is 0.938 bits per heavy atom. The molecule has 3 amide bonds. The molecule has 3 heterocycles. The summed E-state index contributed by atoms with van der Waals surface area (Å²) in [6, 6.07) is 12.0. The molecule has 2 aromatic carbocycles. The second-order valence-corrected chi connectivity index (χ2v) is 8.81. The third kappa shape index (κ3) is 4.06. The van der Waals surface area contributed by atoms with Gasteiger partial charge in [-0.1, -0.05) is 36.4 Å². The maximum absolute atomic E-state index is 13.2. The lowest BCUT2D eigenvalue weighted by Crippen LogP contribution is -2.52. The van der Waals surface area contributed by atoms with Gasteiger partial charge in [-0.05, 0) is 60.2 Å². The molecule has 1 fully saturated rings. The van der Waals surface area contributed by atoms with Crippen LogP contribution in [0.4, 0.5) is 0 Å². The number of hydrogen-bond acceptors (Lipinski definition) is 5. The smallest absolute Gasteiger partial charge is 0.255 e. The van der Waals surface area contributed by atoms with Gasteiger partial charge in [-0.3, -0.25) is 19.7 Å². The van der Waals surface area contributed by atoms with E-state index in [1.807, 2.05) is 18.2 Å². The second-order valence-electron chi connectivity index (χ2n) is 8.81. The normalized spacial score (nSPS) is 20.6. The molecule has 3 N–H and O–H groups in total. The van der Waals surface area contributed by atoms with Crippen molar-refractivity contribution in [1.82, 2.24) is 20.9 Å². The van der Waals surface area contributed by atoms with E-state index in [-0.39, 0.29) is 24.1 Å². The summed E-state index contributed by atoms with van der Waals surface area (Å²) in [7, 11) is 0. The minimum Gasteiger partial charge on any atom is -0.322 e. The van der Waals surface area contributed by atoms with Crippen LogP contribution in [0.15, 0.2) is 36.4 Å². The quantitative estimate of drug-likeness (QED) is 0.622. The van der Waals surface area contributed by atoms with Gasteiger partial charge in [0.2, 0.25) is 11.8 Å². The highest BCUT2D eigenvalue weighted by Crippen LogP contribution is 2.30. The first-order valence-corrected chi connectivity index (χ1v) is 11.4. The van der Waals surface area contributed by atoms with Gasteiger partial charge in [-0.2, -0.15) is 0 Å². The summed E-state index contributed by atoms with van der Waals surface area (Å²) in [5.74, 6) is -0.765. The molecule has 0 radical (unpaired) electrons. The van der Waals surface area contributed by atoms with Gasteiger partial charge >= 0.3 is 0 Å². The van der Waals surface area contributed by atoms with Crippen LogP contribution in [0.25, 0.3) is 0 Å². The zero-order valence-electron chi connectivity index (χ0n) is 18.1. The first kappa shape index (κ1) is 20.8. The summed E-state index contributed by atoms with van der Waals surface area (Å²) < 4.78 is 0. The van der Waals surface area contributed by atoms with Crippen LogP contribution >= 0.6 is 0 Å². The number of piperidine rings is 1. The molecule has 7 nitrogen and oxygen atoms in total. The van der Waals surface area contributed by atoms with Crippen LogP contribution in [0, 0.1) is 0 Å². The van der Waals surface area contributed by atoms with E-state index in [4.69, 9.17) is 0 Å². The Morgan fingerprint density at radius 2 is 1.78 bits per heavy atom. The monoisotopic (exact) mass is 432 g/mol. The van der Waals surface area contributed by atoms with Crippen molar-refractivity contribution in [3.05, 3.63) is 69.8 Å². The Kier molecular flexibility index (Phi) is 5.76. The molecule has 5 rings (SSSR count). The van der Waals surface area contributed by atoms with Gasteiger partial charge in [0.15, 0.2) is 0 Å². The van der Waals surface area contributed by atoms with Crippen molar-refractivity contribution in [2.45, 2.75) is 51.4 Å². The molecule has 1 unspecified atom stereocenters. The number of benzene rings is 2. The molecular weight excluding hydrogens is 404 g/mol. The fraction of sp³-hybridized carbons (Fsp3) is 0.400. The number of carbonyl (C=O) groups is 3. The number of imide groups is 1. The third-order valence-electron chi connectivity index (χ3n) is 6.70. The number of carbonyl (C=O) groups excluding carboxylic acids is 3. The Bertz CT molecular complexity index is 1080. The van der Waals surface area contributed by atoms with E-state index >= 15 is 0 Å². The molecule has 0 saturated carbocycles. The molecule has 0 aromatic heterocycles. The van der Waals surface area contributed by atoms with Gasteiger partial charge < -0.3 is 15.5 Å². The van der Waals surface area contributed by atoms with Crippen LogP contribution < -0.4 is 16.0 Å². The SMILES string of the molecule is O=C1CCC(N2Cc3cccc(CNCc4ccc5c(c4)CCNCC5)c3C2=O)C(=O)N1. The summed E-state index contributed by atoms with van der Waals surface area (Å²) in [6.07, 6.45) is 2.78. The Balaban J connectivity index is 1.26. The molecule has 1 atom stereocenters. The Morgan fingerprint density at radius 3 is 2.62 bits per heavy atom. The summed E-state index contributed by atoms with van der Waals surface area (Å²) in [6.45, 7) is 3.78. The van der Waals surface area contributed by atoms with Crippen LogP contribution in [0.3, 0.4) is 0 Å². The highest BCUT2D eigenvalue weighted by Gasteiger charge is 2.39. The van der Waals surface area contributed by atoms with Gasteiger partial charge in [-0.15, -0.1) is 0 Å². The summed E-state index contributed by atoms with van der Waals surface area (Å²) in [5.41, 5.74) is 6.67. The Hall–Kier alpha value is -3.03. The number of nitrogens with one attached hydrogen (secondary N) is 3. The topological polar surface area (TPSA) is 90.5 Å². The van der Waals surface area contributed by atoms with Crippen LogP contribution in [0.2, 0.25) is 0 Å². The molecule has 0 aliphatic carbocycles. The number of nitrogens with zero attached hydrogens (tertiary/aromatic N) is 1. The third-order valence-corrected chi connectivity index (χ3v) is 6.70. The number of hydrogen-bond donors (Lipinski definition) is 3. The zero-order chi connectivity index (χ0) is 22.1. The van der Waals surface area contributed by atoms with Crippen LogP contribution in [0.1, 0.15) is 51.0 Å². The zero-order valence-corrected chi connectivity index (χ0v) is 18.1. The van der Waals surface area contributed by atoms with Crippen molar-refractivity contribution in [2.24, 2.45) is 0 Å². The van der Waals surface area contributed by atoms with E-state index in [1.165, 1.54) is 16.7 Å². The van der Waals surface area contributed by atoms with Gasteiger partial charge in [-0.25, -0.2) is 0 Å². The molecular formula is C25H28N4O3. The maximum Gasteiger partial charge on any atom is 0.255 e. The molecule has 1 saturated heterocycles. The van der Waals surface area contributed by atoms with E-state index in [0.717, 1.165) is 43.6 Å². The predicted octanol–water partition coefficient (Wildman–Crippen LogP) is 1.43. The average molecular weight is 433 g/mol. The number of rotatable bonds is 5. The molecule has 3 aliphatic rings.